The van der Waals surface area contributed by atoms with Crippen LogP contribution in [0.1, 0.15) is 10.4 Å². The summed E-state index contributed by atoms with van der Waals surface area (Å²) in [5.41, 5.74) is 2.30. The number of thiocarbonyl (C=S) groups is 1. The number of anilines is 1. The van der Waals surface area contributed by atoms with Gasteiger partial charge in [0.05, 0.1) is 4.92 Å². The van der Waals surface area contributed by atoms with Crippen molar-refractivity contribution in [2.45, 2.75) is 0 Å². The number of para-hydroxylation sites is 1. The van der Waals surface area contributed by atoms with Crippen molar-refractivity contribution in [1.82, 2.24) is 10.3 Å². The molecule has 34 heavy (non-hydrogen) atoms. The van der Waals surface area contributed by atoms with Crippen molar-refractivity contribution in [3.8, 4) is 11.5 Å². The summed E-state index contributed by atoms with van der Waals surface area (Å²) in [4.78, 5) is 27.7. The van der Waals surface area contributed by atoms with Crippen LogP contribution in [-0.4, -0.2) is 20.9 Å². The molecule has 0 aliphatic carbocycles. The summed E-state index contributed by atoms with van der Waals surface area (Å²) in [5, 5.41) is 18.7. The maximum absolute atomic E-state index is 12.5. The number of benzene rings is 4. The number of aromatic nitrogens is 1. The summed E-state index contributed by atoms with van der Waals surface area (Å²) >= 11 is 5.22. The molecule has 1 amide bonds. The standard InChI is InChI=1S/C25H16N4O4S/c30-23(19-9-3-4-11-21(19)29(31)32)28-25(34)26-16-12-13-22-20(14-16)27-24(33-22)18-10-5-7-15-6-1-2-8-17(15)18/h1-14H,(H2,26,28,30,34). The topological polar surface area (TPSA) is 110 Å². The third-order valence-electron chi connectivity index (χ3n) is 5.24. The SMILES string of the molecule is O=C(NC(=S)Nc1ccc2oc(-c3cccc4ccccc34)nc2c1)c1ccccc1[N+](=O)[O-]. The van der Waals surface area contributed by atoms with Crippen molar-refractivity contribution < 1.29 is 14.1 Å². The molecule has 0 saturated carbocycles. The van der Waals surface area contributed by atoms with Crippen LogP contribution in [0.25, 0.3) is 33.3 Å². The Hall–Kier alpha value is -4.63. The zero-order chi connectivity index (χ0) is 23.7. The third kappa shape index (κ3) is 4.07. The number of carbonyl (C=O) groups excluding carboxylic acids is 1. The van der Waals surface area contributed by atoms with Gasteiger partial charge in [-0.2, -0.15) is 0 Å². The Kier molecular flexibility index (Phi) is 5.44. The van der Waals surface area contributed by atoms with Gasteiger partial charge in [0.2, 0.25) is 5.89 Å². The molecule has 1 heterocycles. The molecule has 9 heteroatoms. The predicted molar refractivity (Wildman–Crippen MR) is 134 cm³/mol. The molecular formula is C25H16N4O4S. The molecule has 0 bridgehead atoms. The highest BCUT2D eigenvalue weighted by Crippen LogP contribution is 2.31. The van der Waals surface area contributed by atoms with Gasteiger partial charge in [-0.25, -0.2) is 4.98 Å². The number of fused-ring (bicyclic) bond motifs is 2. The van der Waals surface area contributed by atoms with E-state index in [1.54, 1.807) is 24.3 Å². The Balaban J connectivity index is 1.37. The molecule has 0 radical (unpaired) electrons. The number of rotatable bonds is 4. The van der Waals surface area contributed by atoms with E-state index in [2.05, 4.69) is 15.6 Å². The molecule has 5 rings (SSSR count). The van der Waals surface area contributed by atoms with Gasteiger partial charge >= 0.3 is 0 Å². The Morgan fingerprint density at radius 2 is 1.74 bits per heavy atom. The van der Waals surface area contributed by atoms with Crippen LogP contribution in [0.4, 0.5) is 11.4 Å². The number of nitro benzene ring substituents is 1. The molecule has 5 aromatic rings. The molecule has 2 N–H and O–H groups in total. The number of oxazole rings is 1. The first-order valence-electron chi connectivity index (χ1n) is 10.2. The van der Waals surface area contributed by atoms with Gasteiger partial charge in [-0.3, -0.25) is 20.2 Å². The zero-order valence-electron chi connectivity index (χ0n) is 17.5. The Labute approximate surface area is 198 Å². The van der Waals surface area contributed by atoms with Gasteiger partial charge in [-0.15, -0.1) is 0 Å². The maximum atomic E-state index is 12.5. The van der Waals surface area contributed by atoms with Crippen molar-refractivity contribution in [2.24, 2.45) is 0 Å². The van der Waals surface area contributed by atoms with Crippen LogP contribution < -0.4 is 10.6 Å². The Morgan fingerprint density at radius 3 is 2.59 bits per heavy atom. The van der Waals surface area contributed by atoms with Crippen molar-refractivity contribution in [1.29, 1.82) is 0 Å². The molecule has 1 aromatic heterocycles. The fraction of sp³-hybridized carbons (Fsp3) is 0. The van der Waals surface area contributed by atoms with Crippen molar-refractivity contribution in [2.75, 3.05) is 5.32 Å². The second kappa shape index (κ2) is 8.72. The first kappa shape index (κ1) is 21.2. The molecule has 166 valence electrons. The molecule has 0 unspecified atom stereocenters. The molecule has 0 aliphatic rings. The Morgan fingerprint density at radius 1 is 0.971 bits per heavy atom. The monoisotopic (exact) mass is 468 g/mol. The lowest BCUT2D eigenvalue weighted by Crippen LogP contribution is -2.34. The Bertz CT molecular complexity index is 1590. The van der Waals surface area contributed by atoms with E-state index in [0.717, 1.165) is 16.3 Å². The number of hydrogen-bond acceptors (Lipinski definition) is 6. The van der Waals surface area contributed by atoms with E-state index >= 15 is 0 Å². The summed E-state index contributed by atoms with van der Waals surface area (Å²) in [6, 6.07) is 24.9. The number of carbonyl (C=O) groups is 1. The van der Waals surface area contributed by atoms with Crippen molar-refractivity contribution in [3.05, 3.63) is 101 Å². The highest BCUT2D eigenvalue weighted by Gasteiger charge is 2.20. The highest BCUT2D eigenvalue weighted by atomic mass is 32.1. The molecule has 0 fully saturated rings. The van der Waals surface area contributed by atoms with E-state index < -0.39 is 10.8 Å². The highest BCUT2D eigenvalue weighted by molar-refractivity contribution is 7.80. The predicted octanol–water partition coefficient (Wildman–Crippen LogP) is 5.68. The van der Waals surface area contributed by atoms with E-state index in [4.69, 9.17) is 16.6 Å². The van der Waals surface area contributed by atoms with Crippen LogP contribution in [0.3, 0.4) is 0 Å². The molecule has 0 spiro atoms. The van der Waals surface area contributed by atoms with Crippen LogP contribution in [0.5, 0.6) is 0 Å². The van der Waals surface area contributed by atoms with Gasteiger partial charge in [0.25, 0.3) is 11.6 Å². The minimum absolute atomic E-state index is 0.000253. The van der Waals surface area contributed by atoms with Crippen LogP contribution >= 0.6 is 12.2 Å². The zero-order valence-corrected chi connectivity index (χ0v) is 18.3. The van der Waals surface area contributed by atoms with Gasteiger partial charge in [0.1, 0.15) is 11.1 Å². The van der Waals surface area contributed by atoms with Gasteiger partial charge in [-0.05, 0) is 53.3 Å². The minimum atomic E-state index is -0.675. The third-order valence-corrected chi connectivity index (χ3v) is 5.44. The average molecular weight is 468 g/mol. The summed E-state index contributed by atoms with van der Waals surface area (Å²) in [6.07, 6.45) is 0. The molecule has 4 aromatic carbocycles. The molecule has 0 atom stereocenters. The number of amides is 1. The first-order valence-corrected chi connectivity index (χ1v) is 10.6. The minimum Gasteiger partial charge on any atom is -0.436 e. The maximum Gasteiger partial charge on any atom is 0.282 e. The second-order valence-corrected chi connectivity index (χ2v) is 7.82. The first-order chi connectivity index (χ1) is 16.5. The van der Waals surface area contributed by atoms with Crippen LogP contribution in [-0.2, 0) is 0 Å². The number of nitrogens with one attached hydrogen (secondary N) is 2. The van der Waals surface area contributed by atoms with Gasteiger partial charge in [0.15, 0.2) is 10.7 Å². The summed E-state index contributed by atoms with van der Waals surface area (Å²) < 4.78 is 5.97. The van der Waals surface area contributed by atoms with Crippen LogP contribution in [0.15, 0.2) is 89.3 Å². The number of nitro groups is 1. The summed E-state index contributed by atoms with van der Waals surface area (Å²) in [5.74, 6) is -0.179. The van der Waals surface area contributed by atoms with Gasteiger partial charge in [0, 0.05) is 17.3 Å². The molecular weight excluding hydrogens is 452 g/mol. The second-order valence-electron chi connectivity index (χ2n) is 7.41. The van der Waals surface area contributed by atoms with E-state index in [9.17, 15) is 14.9 Å². The lowest BCUT2D eigenvalue weighted by molar-refractivity contribution is -0.385. The van der Waals surface area contributed by atoms with Gasteiger partial charge in [-0.1, -0.05) is 48.5 Å². The summed E-state index contributed by atoms with van der Waals surface area (Å²) in [7, 11) is 0. The number of hydrogen-bond donors (Lipinski definition) is 2. The molecule has 8 nitrogen and oxygen atoms in total. The van der Waals surface area contributed by atoms with E-state index in [1.807, 2.05) is 42.5 Å². The average Bonchev–Trinajstić information content (AvgIpc) is 3.26. The van der Waals surface area contributed by atoms with Crippen LogP contribution in [0, 0.1) is 10.1 Å². The lowest BCUT2D eigenvalue weighted by atomic mass is 10.0. The quantitative estimate of drug-likeness (QED) is 0.198. The van der Waals surface area contributed by atoms with Gasteiger partial charge < -0.3 is 9.73 Å². The fourth-order valence-electron chi connectivity index (χ4n) is 3.69. The molecule has 0 saturated heterocycles. The normalized spacial score (nSPS) is 10.8. The van der Waals surface area contributed by atoms with E-state index in [-0.39, 0.29) is 16.4 Å². The van der Waals surface area contributed by atoms with E-state index in [0.29, 0.717) is 22.7 Å². The van der Waals surface area contributed by atoms with Crippen molar-refractivity contribution in [3.63, 3.8) is 0 Å². The smallest absolute Gasteiger partial charge is 0.282 e. The van der Waals surface area contributed by atoms with Crippen LogP contribution in [0.2, 0.25) is 0 Å². The fourth-order valence-corrected chi connectivity index (χ4v) is 3.90. The lowest BCUT2D eigenvalue weighted by Gasteiger charge is -2.09. The number of nitrogens with zero attached hydrogens (tertiary/aromatic N) is 2. The summed E-state index contributed by atoms with van der Waals surface area (Å²) in [6.45, 7) is 0. The van der Waals surface area contributed by atoms with E-state index in [1.165, 1.54) is 18.2 Å². The van der Waals surface area contributed by atoms with Crippen molar-refractivity contribution >= 4 is 56.5 Å². The largest absolute Gasteiger partial charge is 0.436 e. The molecule has 0 aliphatic heterocycles.